The van der Waals surface area contributed by atoms with E-state index in [1.165, 1.54) is 9.64 Å². The first-order valence-corrected chi connectivity index (χ1v) is 7.36. The summed E-state index contributed by atoms with van der Waals surface area (Å²) >= 11 is 5.50. The van der Waals surface area contributed by atoms with Gasteiger partial charge in [-0.3, -0.25) is 0 Å². The maximum atomic E-state index is 13.3. The fraction of sp³-hybridized carbons (Fsp3) is 0.143. The topological polar surface area (TPSA) is 12.0 Å². The summed E-state index contributed by atoms with van der Waals surface area (Å²) in [6.07, 6.45) is 0. The van der Waals surface area contributed by atoms with Gasteiger partial charge in [-0.1, -0.05) is 18.2 Å². The Bertz CT molecular complexity index is 542. The molecule has 1 nitrogen and oxygen atoms in total. The van der Waals surface area contributed by atoms with Gasteiger partial charge in [-0.2, -0.15) is 0 Å². The monoisotopic (exact) mass is 419 g/mol. The highest BCUT2D eigenvalue weighted by atomic mass is 127. The molecule has 0 aliphatic rings. The third kappa shape index (κ3) is 3.10. The molecule has 0 aromatic heterocycles. The quantitative estimate of drug-likeness (QED) is 0.722. The van der Waals surface area contributed by atoms with E-state index < -0.39 is 0 Å². The highest BCUT2D eigenvalue weighted by Crippen LogP contribution is 2.26. The number of halogens is 3. The van der Waals surface area contributed by atoms with Crippen molar-refractivity contribution in [3.63, 3.8) is 0 Å². The van der Waals surface area contributed by atoms with Crippen molar-refractivity contribution in [2.45, 2.75) is 6.04 Å². The van der Waals surface area contributed by atoms with Crippen LogP contribution in [-0.4, -0.2) is 7.05 Å². The van der Waals surface area contributed by atoms with Gasteiger partial charge < -0.3 is 5.32 Å². The Balaban J connectivity index is 2.38. The minimum Gasteiger partial charge on any atom is -0.309 e. The molecule has 0 aliphatic carbocycles. The van der Waals surface area contributed by atoms with Crippen LogP contribution in [0.4, 0.5) is 4.39 Å². The SMILES string of the molecule is CNC(c1ccc(I)cc1)c1ccc(F)c(Br)c1. The predicted molar refractivity (Wildman–Crippen MR) is 84.2 cm³/mol. The van der Waals surface area contributed by atoms with Crippen LogP contribution in [0.15, 0.2) is 46.9 Å². The normalized spacial score (nSPS) is 12.4. The van der Waals surface area contributed by atoms with Crippen LogP contribution in [-0.2, 0) is 0 Å². The van der Waals surface area contributed by atoms with Crippen molar-refractivity contribution in [3.05, 3.63) is 67.5 Å². The smallest absolute Gasteiger partial charge is 0.137 e. The summed E-state index contributed by atoms with van der Waals surface area (Å²) in [5.74, 6) is -0.240. The van der Waals surface area contributed by atoms with Gasteiger partial charge in [-0.15, -0.1) is 0 Å². The zero-order chi connectivity index (χ0) is 13.1. The Labute approximate surface area is 128 Å². The molecule has 1 unspecified atom stereocenters. The second-order valence-corrected chi connectivity index (χ2v) is 6.05. The zero-order valence-electron chi connectivity index (χ0n) is 9.75. The van der Waals surface area contributed by atoms with Crippen LogP contribution < -0.4 is 5.32 Å². The maximum absolute atomic E-state index is 13.3. The molecule has 0 aliphatic heterocycles. The van der Waals surface area contributed by atoms with Crippen molar-refractivity contribution in [2.24, 2.45) is 0 Å². The van der Waals surface area contributed by atoms with E-state index in [2.05, 4.69) is 68.1 Å². The molecule has 0 saturated carbocycles. The molecule has 0 heterocycles. The number of nitrogens with one attached hydrogen (secondary N) is 1. The standard InChI is InChI=1S/C14H12BrFIN/c1-18-14(9-2-5-11(17)6-3-9)10-4-7-13(16)12(15)8-10/h2-8,14,18H,1H3. The summed E-state index contributed by atoms with van der Waals surface area (Å²) in [7, 11) is 1.90. The highest BCUT2D eigenvalue weighted by Gasteiger charge is 2.13. The lowest BCUT2D eigenvalue weighted by atomic mass is 9.99. The molecule has 0 amide bonds. The zero-order valence-corrected chi connectivity index (χ0v) is 13.5. The van der Waals surface area contributed by atoms with Crippen molar-refractivity contribution >= 4 is 38.5 Å². The van der Waals surface area contributed by atoms with E-state index in [4.69, 9.17) is 0 Å². The Morgan fingerprint density at radius 2 is 1.72 bits per heavy atom. The van der Waals surface area contributed by atoms with E-state index in [0.29, 0.717) is 4.47 Å². The first-order valence-electron chi connectivity index (χ1n) is 5.49. The number of rotatable bonds is 3. The fourth-order valence-corrected chi connectivity index (χ4v) is 2.63. The summed E-state index contributed by atoms with van der Waals surface area (Å²) in [5, 5.41) is 3.26. The van der Waals surface area contributed by atoms with Gasteiger partial charge in [0.2, 0.25) is 0 Å². The van der Waals surface area contributed by atoms with Gasteiger partial charge >= 0.3 is 0 Å². The fourth-order valence-electron chi connectivity index (χ4n) is 1.87. The van der Waals surface area contributed by atoms with E-state index in [-0.39, 0.29) is 11.9 Å². The van der Waals surface area contributed by atoms with Crippen molar-refractivity contribution in [1.29, 1.82) is 0 Å². The van der Waals surface area contributed by atoms with Crippen LogP contribution in [0.2, 0.25) is 0 Å². The van der Waals surface area contributed by atoms with Gasteiger partial charge in [0.1, 0.15) is 5.82 Å². The van der Waals surface area contributed by atoms with Crippen LogP contribution in [0.25, 0.3) is 0 Å². The summed E-state index contributed by atoms with van der Waals surface area (Å²) in [5.41, 5.74) is 2.20. The number of hydrogen-bond donors (Lipinski definition) is 1. The molecule has 2 aromatic carbocycles. The molecule has 0 radical (unpaired) electrons. The van der Waals surface area contributed by atoms with E-state index in [9.17, 15) is 4.39 Å². The van der Waals surface area contributed by atoms with Crippen LogP contribution in [0.1, 0.15) is 17.2 Å². The van der Waals surface area contributed by atoms with Gasteiger partial charge in [0.05, 0.1) is 10.5 Å². The molecular formula is C14H12BrFIN. The van der Waals surface area contributed by atoms with Crippen molar-refractivity contribution < 1.29 is 4.39 Å². The second kappa shape index (κ2) is 6.12. The molecule has 0 spiro atoms. The van der Waals surface area contributed by atoms with Crippen molar-refractivity contribution in [2.75, 3.05) is 7.05 Å². The first kappa shape index (κ1) is 14.0. The van der Waals surface area contributed by atoms with Crippen molar-refractivity contribution in [1.82, 2.24) is 5.32 Å². The Hall–Kier alpha value is -0.460. The molecule has 1 N–H and O–H groups in total. The van der Waals surface area contributed by atoms with E-state index >= 15 is 0 Å². The molecule has 4 heteroatoms. The Morgan fingerprint density at radius 3 is 2.28 bits per heavy atom. The minimum absolute atomic E-state index is 0.0684. The molecule has 2 rings (SSSR count). The molecule has 0 fully saturated rings. The first-order chi connectivity index (χ1) is 8.61. The number of benzene rings is 2. The number of hydrogen-bond acceptors (Lipinski definition) is 1. The second-order valence-electron chi connectivity index (χ2n) is 3.95. The Morgan fingerprint density at radius 1 is 1.11 bits per heavy atom. The molecule has 18 heavy (non-hydrogen) atoms. The average molecular weight is 420 g/mol. The Kier molecular flexibility index (Phi) is 4.75. The van der Waals surface area contributed by atoms with Gasteiger partial charge in [-0.05, 0) is 81.0 Å². The van der Waals surface area contributed by atoms with Crippen molar-refractivity contribution in [3.8, 4) is 0 Å². The summed E-state index contributed by atoms with van der Waals surface area (Å²) in [6.45, 7) is 0. The molecule has 0 bridgehead atoms. The highest BCUT2D eigenvalue weighted by molar-refractivity contribution is 14.1. The molecule has 1 atom stereocenters. The molecule has 0 saturated heterocycles. The van der Waals surface area contributed by atoms with Crippen LogP contribution in [0.5, 0.6) is 0 Å². The molecular weight excluding hydrogens is 408 g/mol. The van der Waals surface area contributed by atoms with Gasteiger partial charge in [0.15, 0.2) is 0 Å². The summed E-state index contributed by atoms with van der Waals surface area (Å²) in [4.78, 5) is 0. The lowest BCUT2D eigenvalue weighted by Gasteiger charge is -2.17. The third-order valence-electron chi connectivity index (χ3n) is 2.77. The lowest BCUT2D eigenvalue weighted by molar-refractivity contribution is 0.616. The summed E-state index contributed by atoms with van der Waals surface area (Å²) < 4.78 is 14.9. The summed E-state index contributed by atoms with van der Waals surface area (Å²) in [6, 6.07) is 13.5. The molecule has 2 aromatic rings. The van der Waals surface area contributed by atoms with Crippen LogP contribution in [0.3, 0.4) is 0 Å². The minimum atomic E-state index is -0.240. The van der Waals surface area contributed by atoms with Gasteiger partial charge in [0.25, 0.3) is 0 Å². The van der Waals surface area contributed by atoms with E-state index in [1.54, 1.807) is 6.07 Å². The largest absolute Gasteiger partial charge is 0.309 e. The van der Waals surface area contributed by atoms with E-state index in [1.807, 2.05) is 13.1 Å². The van der Waals surface area contributed by atoms with Crippen LogP contribution in [0, 0.1) is 9.39 Å². The van der Waals surface area contributed by atoms with E-state index in [0.717, 1.165) is 11.1 Å². The van der Waals surface area contributed by atoms with Crippen LogP contribution >= 0.6 is 38.5 Å². The maximum Gasteiger partial charge on any atom is 0.137 e. The lowest BCUT2D eigenvalue weighted by Crippen LogP contribution is -2.17. The predicted octanol–water partition coefficient (Wildman–Crippen LogP) is 4.50. The third-order valence-corrected chi connectivity index (χ3v) is 4.10. The molecule has 94 valence electrons. The average Bonchev–Trinajstić information content (AvgIpc) is 2.37. The van der Waals surface area contributed by atoms with Gasteiger partial charge in [0, 0.05) is 3.57 Å². The van der Waals surface area contributed by atoms with Gasteiger partial charge in [-0.25, -0.2) is 4.39 Å².